The standard InChI is InChI=1S/C17H16N4O3S/c1-23-14-6-5-11(8-15(14)24-2)10-18-21-17(22)13-9-12(19-20-13)16-4-3-7-25-16/h3-10H,1-2H3,(H,19,20)(H,21,22)/b18-10+. The van der Waals surface area contributed by atoms with E-state index in [1.807, 2.05) is 17.5 Å². The second-order valence-corrected chi connectivity index (χ2v) is 5.91. The van der Waals surface area contributed by atoms with Crippen molar-refractivity contribution in [2.45, 2.75) is 0 Å². The molecule has 0 aliphatic heterocycles. The lowest BCUT2D eigenvalue weighted by Gasteiger charge is -2.07. The van der Waals surface area contributed by atoms with E-state index in [4.69, 9.17) is 9.47 Å². The molecule has 25 heavy (non-hydrogen) atoms. The van der Waals surface area contributed by atoms with Gasteiger partial charge in [0, 0.05) is 0 Å². The number of thiophene rings is 1. The van der Waals surface area contributed by atoms with Crippen molar-refractivity contribution < 1.29 is 14.3 Å². The third kappa shape index (κ3) is 3.86. The van der Waals surface area contributed by atoms with Crippen LogP contribution in [0.5, 0.6) is 11.5 Å². The molecule has 2 N–H and O–H groups in total. The van der Waals surface area contributed by atoms with E-state index in [-0.39, 0.29) is 5.69 Å². The monoisotopic (exact) mass is 356 g/mol. The molecule has 3 rings (SSSR count). The van der Waals surface area contributed by atoms with Crippen LogP contribution < -0.4 is 14.9 Å². The average molecular weight is 356 g/mol. The fraction of sp³-hybridized carbons (Fsp3) is 0.118. The van der Waals surface area contributed by atoms with Crippen LogP contribution in [0.1, 0.15) is 16.1 Å². The first-order chi connectivity index (χ1) is 12.2. The summed E-state index contributed by atoms with van der Waals surface area (Å²) in [5.41, 5.74) is 4.28. The van der Waals surface area contributed by atoms with Crippen LogP contribution in [0, 0.1) is 0 Å². The smallest absolute Gasteiger partial charge is 0.291 e. The Morgan fingerprint density at radius 1 is 1.24 bits per heavy atom. The number of hydrazone groups is 1. The molecule has 0 fully saturated rings. The third-order valence-corrected chi connectivity index (χ3v) is 4.29. The van der Waals surface area contributed by atoms with E-state index in [1.54, 1.807) is 49.8 Å². The maximum Gasteiger partial charge on any atom is 0.291 e. The van der Waals surface area contributed by atoms with Crippen molar-refractivity contribution in [1.82, 2.24) is 15.6 Å². The highest BCUT2D eigenvalue weighted by atomic mass is 32.1. The second kappa shape index (κ2) is 7.63. The number of hydrogen-bond donors (Lipinski definition) is 2. The molecule has 0 saturated carbocycles. The van der Waals surface area contributed by atoms with Crippen molar-refractivity contribution in [2.24, 2.45) is 5.10 Å². The van der Waals surface area contributed by atoms with Crippen LogP contribution in [-0.4, -0.2) is 36.5 Å². The van der Waals surface area contributed by atoms with Crippen LogP contribution in [0.4, 0.5) is 0 Å². The van der Waals surface area contributed by atoms with E-state index in [9.17, 15) is 4.79 Å². The highest BCUT2D eigenvalue weighted by Crippen LogP contribution is 2.27. The van der Waals surface area contributed by atoms with E-state index >= 15 is 0 Å². The van der Waals surface area contributed by atoms with Gasteiger partial charge in [0.05, 0.1) is 31.0 Å². The van der Waals surface area contributed by atoms with Gasteiger partial charge in [0.25, 0.3) is 5.91 Å². The Morgan fingerprint density at radius 3 is 2.80 bits per heavy atom. The SMILES string of the molecule is COc1ccc(/C=N/NC(=O)c2cc(-c3cccs3)[nH]n2)cc1OC. The van der Waals surface area contributed by atoms with Gasteiger partial charge in [0.15, 0.2) is 17.2 Å². The van der Waals surface area contributed by atoms with E-state index < -0.39 is 5.91 Å². The number of aromatic amines is 1. The number of aromatic nitrogens is 2. The van der Waals surface area contributed by atoms with Gasteiger partial charge in [-0.05, 0) is 41.3 Å². The number of benzene rings is 1. The van der Waals surface area contributed by atoms with Crippen LogP contribution >= 0.6 is 11.3 Å². The Bertz CT molecular complexity index is 887. The number of H-pyrrole nitrogens is 1. The van der Waals surface area contributed by atoms with Gasteiger partial charge in [-0.3, -0.25) is 9.89 Å². The molecule has 0 aliphatic rings. The van der Waals surface area contributed by atoms with Gasteiger partial charge in [-0.25, -0.2) is 5.43 Å². The molecule has 7 nitrogen and oxygen atoms in total. The number of hydrogen-bond acceptors (Lipinski definition) is 6. The van der Waals surface area contributed by atoms with Crippen molar-refractivity contribution in [3.8, 4) is 22.1 Å². The normalized spacial score (nSPS) is 10.8. The molecule has 0 aliphatic carbocycles. The molecule has 1 aromatic carbocycles. The maximum atomic E-state index is 12.1. The van der Waals surface area contributed by atoms with Crippen molar-refractivity contribution in [2.75, 3.05) is 14.2 Å². The fourth-order valence-electron chi connectivity index (χ4n) is 2.15. The van der Waals surface area contributed by atoms with Crippen molar-refractivity contribution in [3.05, 3.63) is 53.0 Å². The number of methoxy groups -OCH3 is 2. The summed E-state index contributed by atoms with van der Waals surface area (Å²) < 4.78 is 10.4. The molecule has 0 spiro atoms. The Labute approximate surface area is 148 Å². The van der Waals surface area contributed by atoms with Gasteiger partial charge in [-0.15, -0.1) is 11.3 Å². The molecule has 8 heteroatoms. The van der Waals surface area contributed by atoms with E-state index in [0.717, 1.165) is 16.1 Å². The summed E-state index contributed by atoms with van der Waals surface area (Å²) in [5.74, 6) is 0.822. The number of rotatable bonds is 6. The molecule has 0 bridgehead atoms. The fourth-order valence-corrected chi connectivity index (χ4v) is 2.84. The van der Waals surface area contributed by atoms with Crippen molar-refractivity contribution in [3.63, 3.8) is 0 Å². The van der Waals surface area contributed by atoms with Crippen LogP contribution in [0.25, 0.3) is 10.6 Å². The van der Waals surface area contributed by atoms with E-state index in [2.05, 4.69) is 20.7 Å². The molecular formula is C17H16N4O3S. The molecule has 2 heterocycles. The van der Waals surface area contributed by atoms with Crippen LogP contribution in [0.2, 0.25) is 0 Å². The van der Waals surface area contributed by atoms with Gasteiger partial charge < -0.3 is 9.47 Å². The second-order valence-electron chi connectivity index (χ2n) is 4.96. The number of ether oxygens (including phenoxy) is 2. The lowest BCUT2D eigenvalue weighted by atomic mass is 10.2. The Morgan fingerprint density at radius 2 is 2.08 bits per heavy atom. The first-order valence-electron chi connectivity index (χ1n) is 7.36. The number of carbonyl (C=O) groups is 1. The molecule has 0 unspecified atom stereocenters. The highest BCUT2D eigenvalue weighted by Gasteiger charge is 2.11. The van der Waals surface area contributed by atoms with Crippen LogP contribution in [0.15, 0.2) is 46.9 Å². The molecule has 3 aromatic rings. The minimum absolute atomic E-state index is 0.271. The summed E-state index contributed by atoms with van der Waals surface area (Å²) in [6.07, 6.45) is 1.52. The zero-order chi connectivity index (χ0) is 17.6. The van der Waals surface area contributed by atoms with Gasteiger partial charge in [0.1, 0.15) is 0 Å². The summed E-state index contributed by atoms with van der Waals surface area (Å²) in [6, 6.07) is 10.9. The Kier molecular flexibility index (Phi) is 5.10. The molecule has 2 aromatic heterocycles. The molecule has 0 atom stereocenters. The Hall–Kier alpha value is -3.13. The number of nitrogens with one attached hydrogen (secondary N) is 2. The first kappa shape index (κ1) is 16.7. The lowest BCUT2D eigenvalue weighted by molar-refractivity contribution is 0.0950. The predicted octanol–water partition coefficient (Wildman–Crippen LogP) is 2.92. The summed E-state index contributed by atoms with van der Waals surface area (Å²) in [6.45, 7) is 0. The van der Waals surface area contributed by atoms with Gasteiger partial charge in [0.2, 0.25) is 0 Å². The zero-order valence-electron chi connectivity index (χ0n) is 13.6. The van der Waals surface area contributed by atoms with Gasteiger partial charge in [-0.1, -0.05) is 6.07 Å². The van der Waals surface area contributed by atoms with E-state index in [1.165, 1.54) is 6.21 Å². The molecule has 0 radical (unpaired) electrons. The van der Waals surface area contributed by atoms with Crippen molar-refractivity contribution in [1.29, 1.82) is 0 Å². The minimum Gasteiger partial charge on any atom is -0.493 e. The molecule has 0 saturated heterocycles. The average Bonchev–Trinajstić information content (AvgIpc) is 3.32. The first-order valence-corrected chi connectivity index (χ1v) is 8.24. The summed E-state index contributed by atoms with van der Waals surface area (Å²) in [4.78, 5) is 13.1. The number of amides is 1. The van der Waals surface area contributed by atoms with Gasteiger partial charge in [-0.2, -0.15) is 10.2 Å². The number of nitrogens with zero attached hydrogens (tertiary/aromatic N) is 2. The highest BCUT2D eigenvalue weighted by molar-refractivity contribution is 7.13. The largest absolute Gasteiger partial charge is 0.493 e. The van der Waals surface area contributed by atoms with Crippen molar-refractivity contribution >= 4 is 23.5 Å². The maximum absolute atomic E-state index is 12.1. The quantitative estimate of drug-likeness (QED) is 0.525. The predicted molar refractivity (Wildman–Crippen MR) is 96.5 cm³/mol. The van der Waals surface area contributed by atoms with Crippen LogP contribution in [-0.2, 0) is 0 Å². The minimum atomic E-state index is -0.393. The Balaban J connectivity index is 1.65. The summed E-state index contributed by atoms with van der Waals surface area (Å²) in [7, 11) is 3.13. The summed E-state index contributed by atoms with van der Waals surface area (Å²) in [5, 5.41) is 12.8. The third-order valence-electron chi connectivity index (χ3n) is 3.38. The number of carbonyl (C=O) groups excluding carboxylic acids is 1. The molecule has 128 valence electrons. The molecule has 1 amide bonds. The van der Waals surface area contributed by atoms with Crippen LogP contribution in [0.3, 0.4) is 0 Å². The van der Waals surface area contributed by atoms with E-state index in [0.29, 0.717) is 11.5 Å². The lowest BCUT2D eigenvalue weighted by Crippen LogP contribution is -2.18. The topological polar surface area (TPSA) is 88.6 Å². The van der Waals surface area contributed by atoms with Gasteiger partial charge >= 0.3 is 0 Å². The summed E-state index contributed by atoms with van der Waals surface area (Å²) >= 11 is 1.57. The molecular weight excluding hydrogens is 340 g/mol. The zero-order valence-corrected chi connectivity index (χ0v) is 14.5.